The molecule has 1 rings (SSSR count). The summed E-state index contributed by atoms with van der Waals surface area (Å²) >= 11 is 0. The Kier molecular flexibility index (Phi) is 14.8. The van der Waals surface area contributed by atoms with Crippen LogP contribution in [0.2, 0.25) is 0 Å². The van der Waals surface area contributed by atoms with Gasteiger partial charge in [-0.05, 0) is 44.4 Å². The number of carboxylic acids is 1. The summed E-state index contributed by atoms with van der Waals surface area (Å²) in [5.74, 6) is -0.320. The van der Waals surface area contributed by atoms with Gasteiger partial charge in [0.05, 0.1) is 27.2 Å². The molecule has 0 aromatic heterocycles. The van der Waals surface area contributed by atoms with Gasteiger partial charge >= 0.3 is 0 Å². The predicted octanol–water partition coefficient (Wildman–Crippen LogP) is 6.10. The second-order valence-corrected chi connectivity index (χ2v) is 10.5. The molecule has 1 aliphatic carbocycles. The van der Waals surface area contributed by atoms with E-state index >= 15 is 0 Å². The Labute approximate surface area is 182 Å². The molecule has 0 unspecified atom stereocenters. The van der Waals surface area contributed by atoms with Crippen molar-refractivity contribution in [1.82, 2.24) is 0 Å². The minimum atomic E-state index is -0.834. The van der Waals surface area contributed by atoms with Crippen molar-refractivity contribution in [3.05, 3.63) is 0 Å². The van der Waals surface area contributed by atoms with E-state index in [-0.39, 0.29) is 5.92 Å². The van der Waals surface area contributed by atoms with Crippen LogP contribution in [0.25, 0.3) is 0 Å². The van der Waals surface area contributed by atoms with Crippen molar-refractivity contribution in [1.29, 1.82) is 0 Å². The fourth-order valence-electron chi connectivity index (χ4n) is 5.11. The molecule has 1 aliphatic rings. The van der Waals surface area contributed by atoms with Gasteiger partial charge in [-0.25, -0.2) is 0 Å². The van der Waals surface area contributed by atoms with Gasteiger partial charge < -0.3 is 14.4 Å². The number of carbonyl (C=O) groups excluding carboxylic acids is 1. The molecular weight excluding hydrogens is 358 g/mol. The van der Waals surface area contributed by atoms with Crippen LogP contribution in [-0.2, 0) is 4.79 Å². The van der Waals surface area contributed by atoms with Gasteiger partial charge in [0, 0.05) is 11.9 Å². The van der Waals surface area contributed by atoms with E-state index in [0.29, 0.717) is 5.92 Å². The third kappa shape index (κ3) is 14.1. The molecule has 0 spiro atoms. The number of carbonyl (C=O) groups is 1. The van der Waals surface area contributed by atoms with Gasteiger partial charge in [-0.2, -0.15) is 0 Å². The summed E-state index contributed by atoms with van der Waals surface area (Å²) in [6.07, 6.45) is 23.6. The zero-order valence-electron chi connectivity index (χ0n) is 20.1. The lowest BCUT2D eigenvalue weighted by Gasteiger charge is -2.36. The number of hydrogen-bond donors (Lipinski definition) is 0. The quantitative estimate of drug-likeness (QED) is 0.203. The molecule has 1 saturated carbocycles. The van der Waals surface area contributed by atoms with E-state index in [2.05, 4.69) is 21.0 Å². The Balaban J connectivity index is 1.90. The first-order valence-electron chi connectivity index (χ1n) is 13.0. The highest BCUT2D eigenvalue weighted by Gasteiger charge is 2.27. The van der Waals surface area contributed by atoms with Gasteiger partial charge in [-0.3, -0.25) is 0 Å². The summed E-state index contributed by atoms with van der Waals surface area (Å²) in [5.41, 5.74) is 0. The van der Waals surface area contributed by atoms with Crippen LogP contribution < -0.4 is 5.11 Å². The van der Waals surface area contributed by atoms with E-state index in [1.54, 1.807) is 0 Å². The zero-order chi connectivity index (χ0) is 21.4. The van der Waals surface area contributed by atoms with E-state index in [0.717, 1.165) is 30.2 Å². The monoisotopic (exact) mass is 409 g/mol. The van der Waals surface area contributed by atoms with E-state index in [1.807, 2.05) is 0 Å². The van der Waals surface area contributed by atoms with Crippen LogP contribution in [0.5, 0.6) is 0 Å². The molecule has 0 bridgehead atoms. The van der Waals surface area contributed by atoms with Crippen molar-refractivity contribution in [2.45, 2.75) is 122 Å². The third-order valence-electron chi connectivity index (χ3n) is 7.05. The lowest BCUT2D eigenvalue weighted by atomic mass is 9.81. The molecule has 0 aliphatic heterocycles. The first kappa shape index (κ1) is 26.5. The summed E-state index contributed by atoms with van der Waals surface area (Å²) in [7, 11) is 4.71. The molecule has 0 aromatic carbocycles. The fraction of sp³-hybridized carbons (Fsp3) is 0.962. The Morgan fingerprint density at radius 1 is 0.724 bits per heavy atom. The standard InChI is InChI=1S/C26H51NO2/c1-4-5-6-7-8-9-10-11-12-13-14-15-16-17-22-27(2,3)23-24-18-20-25(21-19-24)26(28)29/h24-25H,4-23H2,1-3H3. The highest BCUT2D eigenvalue weighted by molar-refractivity contribution is 5.67. The molecule has 1 fully saturated rings. The van der Waals surface area contributed by atoms with Crippen molar-refractivity contribution < 1.29 is 14.4 Å². The minimum Gasteiger partial charge on any atom is -0.550 e. The first-order valence-corrected chi connectivity index (χ1v) is 13.0. The van der Waals surface area contributed by atoms with Gasteiger partial charge in [-0.15, -0.1) is 0 Å². The summed E-state index contributed by atoms with van der Waals surface area (Å²) in [5, 5.41) is 11.0. The van der Waals surface area contributed by atoms with Crippen molar-refractivity contribution in [3.8, 4) is 0 Å². The molecule has 0 aromatic rings. The maximum Gasteiger partial charge on any atom is 0.0811 e. The number of rotatable bonds is 18. The van der Waals surface area contributed by atoms with Gasteiger partial charge in [0.25, 0.3) is 0 Å². The number of quaternary nitrogens is 1. The molecule has 0 saturated heterocycles. The molecule has 0 amide bonds. The normalized spacial score (nSPS) is 20.1. The second kappa shape index (κ2) is 16.2. The summed E-state index contributed by atoms with van der Waals surface area (Å²) in [4.78, 5) is 11.0. The Hall–Kier alpha value is -0.570. The van der Waals surface area contributed by atoms with Crippen LogP contribution in [0.3, 0.4) is 0 Å². The van der Waals surface area contributed by atoms with Crippen LogP contribution in [-0.4, -0.2) is 37.6 Å². The van der Waals surface area contributed by atoms with Gasteiger partial charge in [0.15, 0.2) is 0 Å². The van der Waals surface area contributed by atoms with Crippen molar-refractivity contribution in [3.63, 3.8) is 0 Å². The molecule has 0 radical (unpaired) electrons. The number of hydrogen-bond acceptors (Lipinski definition) is 2. The average Bonchev–Trinajstić information content (AvgIpc) is 2.68. The van der Waals surface area contributed by atoms with E-state index in [9.17, 15) is 9.90 Å². The maximum atomic E-state index is 11.0. The predicted molar refractivity (Wildman–Crippen MR) is 123 cm³/mol. The Morgan fingerprint density at radius 2 is 1.14 bits per heavy atom. The first-order chi connectivity index (χ1) is 13.9. The van der Waals surface area contributed by atoms with Crippen LogP contribution >= 0.6 is 0 Å². The number of nitrogens with zero attached hydrogens (tertiary/aromatic N) is 1. The van der Waals surface area contributed by atoms with Gasteiger partial charge in [0.1, 0.15) is 0 Å². The van der Waals surface area contributed by atoms with Crippen LogP contribution in [0.15, 0.2) is 0 Å². The number of aliphatic carboxylic acids is 1. The van der Waals surface area contributed by atoms with Gasteiger partial charge in [0.2, 0.25) is 0 Å². The second-order valence-electron chi connectivity index (χ2n) is 10.5. The SMILES string of the molecule is CCCCCCCCCCCCCCCC[N+](C)(C)CC1CCC(C(=O)[O-])CC1. The minimum absolute atomic E-state index is 0.187. The highest BCUT2D eigenvalue weighted by Crippen LogP contribution is 2.30. The van der Waals surface area contributed by atoms with Crippen molar-refractivity contribution in [2.75, 3.05) is 27.2 Å². The summed E-state index contributed by atoms with van der Waals surface area (Å²) in [6.45, 7) is 4.76. The lowest BCUT2D eigenvalue weighted by molar-refractivity contribution is -0.894. The molecule has 0 N–H and O–H groups in total. The topological polar surface area (TPSA) is 40.1 Å². The van der Waals surface area contributed by atoms with Crippen molar-refractivity contribution >= 4 is 5.97 Å². The Bertz CT molecular complexity index is 400. The van der Waals surface area contributed by atoms with Gasteiger partial charge in [-0.1, -0.05) is 84.0 Å². The lowest BCUT2D eigenvalue weighted by Crippen LogP contribution is -2.45. The van der Waals surface area contributed by atoms with Crippen LogP contribution in [0.1, 0.15) is 122 Å². The summed E-state index contributed by atoms with van der Waals surface area (Å²) < 4.78 is 1.10. The highest BCUT2D eigenvalue weighted by atomic mass is 16.4. The van der Waals surface area contributed by atoms with E-state index in [4.69, 9.17) is 0 Å². The molecule has 29 heavy (non-hydrogen) atoms. The molecule has 3 heteroatoms. The molecular formula is C26H51NO2. The molecule has 3 nitrogen and oxygen atoms in total. The Morgan fingerprint density at radius 3 is 1.55 bits per heavy atom. The third-order valence-corrected chi connectivity index (χ3v) is 7.05. The fourth-order valence-corrected chi connectivity index (χ4v) is 5.11. The summed E-state index contributed by atoms with van der Waals surface area (Å²) in [6, 6.07) is 0. The van der Waals surface area contributed by atoms with Crippen LogP contribution in [0.4, 0.5) is 0 Å². The zero-order valence-corrected chi connectivity index (χ0v) is 20.1. The smallest absolute Gasteiger partial charge is 0.0811 e. The molecule has 0 heterocycles. The van der Waals surface area contributed by atoms with E-state index < -0.39 is 5.97 Å². The van der Waals surface area contributed by atoms with Crippen LogP contribution in [0, 0.1) is 11.8 Å². The van der Waals surface area contributed by atoms with E-state index in [1.165, 1.54) is 103 Å². The number of unbranched alkanes of at least 4 members (excludes halogenated alkanes) is 13. The maximum absolute atomic E-state index is 11.0. The molecule has 172 valence electrons. The average molecular weight is 410 g/mol. The largest absolute Gasteiger partial charge is 0.550 e. The molecule has 0 atom stereocenters. The van der Waals surface area contributed by atoms with Crippen molar-refractivity contribution in [2.24, 2.45) is 11.8 Å². The number of carboxylic acid groups (broad SMARTS) is 1.